The number of hydrogen-bond acceptors (Lipinski definition) is 3. The van der Waals surface area contributed by atoms with Crippen LogP contribution in [0.2, 0.25) is 0 Å². The number of ether oxygens (including phenoxy) is 1. The second kappa shape index (κ2) is 5.70. The molecule has 0 aliphatic rings. The van der Waals surface area contributed by atoms with Crippen LogP contribution < -0.4 is 5.73 Å². The fraction of sp³-hybridized carbons (Fsp3) is 0.400. The molecule has 0 bridgehead atoms. The van der Waals surface area contributed by atoms with E-state index in [0.29, 0.717) is 0 Å². The number of aliphatic hydroxyl groups excluding tert-OH is 1. The Morgan fingerprint density at radius 2 is 2.29 bits per heavy atom. The van der Waals surface area contributed by atoms with E-state index >= 15 is 0 Å². The highest BCUT2D eigenvalue weighted by Crippen LogP contribution is 2.04. The predicted molar refractivity (Wildman–Crippen MR) is 51.1 cm³/mol. The summed E-state index contributed by atoms with van der Waals surface area (Å²) in [6.45, 7) is 0.630. The highest BCUT2D eigenvalue weighted by molar-refractivity contribution is 5.15. The average Bonchev–Trinajstić information content (AvgIpc) is 2.17. The third-order valence-corrected chi connectivity index (χ3v) is 1.74. The smallest absolute Gasteiger partial charge is 0.123 e. The molecule has 4 heteroatoms. The fourth-order valence-electron chi connectivity index (χ4n) is 1.01. The summed E-state index contributed by atoms with van der Waals surface area (Å²) in [5, 5.41) is 9.07. The molecule has 0 heterocycles. The standard InChI is InChI=1S/C10H14FNO2/c11-9-3-1-2-8(4-9)6-14-7-10(13)5-12/h1-4,10,13H,5-7,12H2. The van der Waals surface area contributed by atoms with Gasteiger partial charge in [0.2, 0.25) is 0 Å². The monoisotopic (exact) mass is 199 g/mol. The van der Waals surface area contributed by atoms with Crippen LogP contribution >= 0.6 is 0 Å². The van der Waals surface area contributed by atoms with Gasteiger partial charge in [0.15, 0.2) is 0 Å². The maximum absolute atomic E-state index is 12.7. The summed E-state index contributed by atoms with van der Waals surface area (Å²) >= 11 is 0. The molecule has 0 fully saturated rings. The topological polar surface area (TPSA) is 55.5 Å². The van der Waals surface area contributed by atoms with Gasteiger partial charge in [-0.2, -0.15) is 0 Å². The van der Waals surface area contributed by atoms with E-state index in [9.17, 15) is 4.39 Å². The third-order valence-electron chi connectivity index (χ3n) is 1.74. The Kier molecular flexibility index (Phi) is 4.52. The van der Waals surface area contributed by atoms with Crippen LogP contribution in [0.3, 0.4) is 0 Å². The molecule has 0 spiro atoms. The maximum Gasteiger partial charge on any atom is 0.123 e. The number of benzene rings is 1. The molecular weight excluding hydrogens is 185 g/mol. The summed E-state index contributed by atoms with van der Waals surface area (Å²) < 4.78 is 17.8. The predicted octanol–water partition coefficient (Wildman–Crippen LogP) is 0.662. The van der Waals surface area contributed by atoms with Gasteiger partial charge in [0.05, 0.1) is 19.3 Å². The van der Waals surface area contributed by atoms with Gasteiger partial charge in [0.25, 0.3) is 0 Å². The molecule has 0 aromatic heterocycles. The molecule has 14 heavy (non-hydrogen) atoms. The minimum Gasteiger partial charge on any atom is -0.389 e. The van der Waals surface area contributed by atoms with Crippen molar-refractivity contribution < 1.29 is 14.2 Å². The number of nitrogens with two attached hydrogens (primary N) is 1. The highest BCUT2D eigenvalue weighted by Gasteiger charge is 2.01. The van der Waals surface area contributed by atoms with Crippen LogP contribution in [0.25, 0.3) is 0 Å². The Balaban J connectivity index is 2.31. The van der Waals surface area contributed by atoms with Crippen molar-refractivity contribution in [3.05, 3.63) is 35.6 Å². The zero-order chi connectivity index (χ0) is 10.4. The van der Waals surface area contributed by atoms with Gasteiger partial charge in [-0.25, -0.2) is 4.39 Å². The Morgan fingerprint density at radius 3 is 2.93 bits per heavy atom. The highest BCUT2D eigenvalue weighted by atomic mass is 19.1. The number of halogens is 1. The Morgan fingerprint density at radius 1 is 1.50 bits per heavy atom. The van der Waals surface area contributed by atoms with E-state index in [2.05, 4.69) is 0 Å². The first-order valence-corrected chi connectivity index (χ1v) is 4.42. The van der Waals surface area contributed by atoms with Gasteiger partial charge in [0, 0.05) is 6.54 Å². The van der Waals surface area contributed by atoms with Gasteiger partial charge in [0.1, 0.15) is 5.82 Å². The Hall–Kier alpha value is -0.970. The van der Waals surface area contributed by atoms with Crippen molar-refractivity contribution in [3.8, 4) is 0 Å². The van der Waals surface area contributed by atoms with Crippen molar-refractivity contribution in [2.75, 3.05) is 13.2 Å². The third kappa shape index (κ3) is 3.83. The van der Waals surface area contributed by atoms with Crippen LogP contribution in [0.5, 0.6) is 0 Å². The largest absolute Gasteiger partial charge is 0.389 e. The van der Waals surface area contributed by atoms with Crippen molar-refractivity contribution in [1.29, 1.82) is 0 Å². The minimum atomic E-state index is -0.649. The lowest BCUT2D eigenvalue weighted by Gasteiger charge is -2.08. The van der Waals surface area contributed by atoms with Crippen LogP contribution in [0.1, 0.15) is 5.56 Å². The average molecular weight is 199 g/mol. The molecular formula is C10H14FNO2. The first kappa shape index (κ1) is 11.1. The quantitative estimate of drug-likeness (QED) is 0.732. The van der Waals surface area contributed by atoms with Gasteiger partial charge in [-0.1, -0.05) is 12.1 Å². The zero-order valence-corrected chi connectivity index (χ0v) is 7.82. The van der Waals surface area contributed by atoms with Crippen LogP contribution in [0.15, 0.2) is 24.3 Å². The molecule has 0 amide bonds. The van der Waals surface area contributed by atoms with E-state index in [4.69, 9.17) is 15.6 Å². The molecule has 1 unspecified atom stereocenters. The lowest BCUT2D eigenvalue weighted by atomic mass is 10.2. The van der Waals surface area contributed by atoms with Crippen molar-refractivity contribution in [3.63, 3.8) is 0 Å². The molecule has 3 N–H and O–H groups in total. The summed E-state index contributed by atoms with van der Waals surface area (Å²) in [5.74, 6) is -0.287. The Bertz CT molecular complexity index is 281. The number of hydrogen-bond donors (Lipinski definition) is 2. The molecule has 0 saturated heterocycles. The van der Waals surface area contributed by atoms with E-state index in [1.165, 1.54) is 12.1 Å². The molecule has 1 rings (SSSR count). The summed E-state index contributed by atoms with van der Waals surface area (Å²) in [6.07, 6.45) is -0.649. The maximum atomic E-state index is 12.7. The van der Waals surface area contributed by atoms with E-state index in [1.807, 2.05) is 0 Å². The molecule has 1 aromatic rings. The van der Waals surface area contributed by atoms with Gasteiger partial charge in [-0.15, -0.1) is 0 Å². The Labute approximate surface area is 82.3 Å². The first-order chi connectivity index (χ1) is 6.72. The normalized spacial score (nSPS) is 12.8. The molecule has 0 radical (unpaired) electrons. The number of aliphatic hydroxyl groups is 1. The second-order valence-electron chi connectivity index (χ2n) is 3.03. The SMILES string of the molecule is NCC(O)COCc1cccc(F)c1. The summed E-state index contributed by atoms with van der Waals surface area (Å²) in [4.78, 5) is 0. The number of rotatable bonds is 5. The second-order valence-corrected chi connectivity index (χ2v) is 3.03. The first-order valence-electron chi connectivity index (χ1n) is 4.42. The molecule has 0 aliphatic heterocycles. The van der Waals surface area contributed by atoms with E-state index < -0.39 is 6.10 Å². The molecule has 1 aromatic carbocycles. The summed E-state index contributed by atoms with van der Waals surface area (Å²) in [6, 6.07) is 6.15. The lowest BCUT2D eigenvalue weighted by Crippen LogP contribution is -2.24. The fourth-order valence-corrected chi connectivity index (χ4v) is 1.01. The molecule has 0 aliphatic carbocycles. The van der Waals surface area contributed by atoms with Crippen LogP contribution in [-0.2, 0) is 11.3 Å². The van der Waals surface area contributed by atoms with Crippen molar-refractivity contribution in [2.45, 2.75) is 12.7 Å². The van der Waals surface area contributed by atoms with Crippen LogP contribution in [0.4, 0.5) is 4.39 Å². The van der Waals surface area contributed by atoms with Crippen LogP contribution in [0, 0.1) is 5.82 Å². The van der Waals surface area contributed by atoms with Gasteiger partial charge < -0.3 is 15.6 Å². The van der Waals surface area contributed by atoms with Crippen molar-refractivity contribution >= 4 is 0 Å². The van der Waals surface area contributed by atoms with E-state index in [-0.39, 0.29) is 25.6 Å². The van der Waals surface area contributed by atoms with Gasteiger partial charge >= 0.3 is 0 Å². The van der Waals surface area contributed by atoms with Crippen LogP contribution in [-0.4, -0.2) is 24.4 Å². The zero-order valence-electron chi connectivity index (χ0n) is 7.82. The molecule has 78 valence electrons. The minimum absolute atomic E-state index is 0.170. The summed E-state index contributed by atoms with van der Waals surface area (Å²) in [5.41, 5.74) is 5.93. The van der Waals surface area contributed by atoms with Gasteiger partial charge in [-0.3, -0.25) is 0 Å². The summed E-state index contributed by atoms with van der Waals surface area (Å²) in [7, 11) is 0. The molecule has 0 saturated carbocycles. The molecule has 1 atom stereocenters. The van der Waals surface area contributed by atoms with Crippen molar-refractivity contribution in [1.82, 2.24) is 0 Å². The van der Waals surface area contributed by atoms with E-state index in [1.54, 1.807) is 12.1 Å². The van der Waals surface area contributed by atoms with E-state index in [0.717, 1.165) is 5.56 Å². The lowest BCUT2D eigenvalue weighted by molar-refractivity contribution is 0.0328. The van der Waals surface area contributed by atoms with Crippen molar-refractivity contribution in [2.24, 2.45) is 5.73 Å². The van der Waals surface area contributed by atoms with Gasteiger partial charge in [-0.05, 0) is 17.7 Å². The molecule has 3 nitrogen and oxygen atoms in total.